The summed E-state index contributed by atoms with van der Waals surface area (Å²) in [4.78, 5) is 22.1. The topological polar surface area (TPSA) is 54.9 Å². The number of ether oxygens (including phenoxy) is 2. The summed E-state index contributed by atoms with van der Waals surface area (Å²) >= 11 is 0. The van der Waals surface area contributed by atoms with Crippen molar-refractivity contribution >= 4 is 16.8 Å². The fourth-order valence-corrected chi connectivity index (χ4v) is 3.88. The van der Waals surface area contributed by atoms with Gasteiger partial charge in [0.15, 0.2) is 0 Å². The lowest BCUT2D eigenvalue weighted by atomic mass is 10.1. The first-order valence-electron chi connectivity index (χ1n) is 9.77. The van der Waals surface area contributed by atoms with Gasteiger partial charge in [-0.15, -0.1) is 0 Å². The molecule has 1 amide bonds. The highest BCUT2D eigenvalue weighted by Gasteiger charge is 2.26. The van der Waals surface area contributed by atoms with Crippen LogP contribution in [0.3, 0.4) is 0 Å². The predicted octanol–water partition coefficient (Wildman–Crippen LogP) is 2.11. The molecule has 144 valence electrons. The molecule has 2 saturated heterocycles. The summed E-state index contributed by atoms with van der Waals surface area (Å²) in [5, 5.41) is 0.928. The lowest BCUT2D eigenvalue weighted by Gasteiger charge is -2.31. The minimum atomic E-state index is 0.0457. The summed E-state index contributed by atoms with van der Waals surface area (Å²) in [5.74, 6) is 0.0745. The van der Waals surface area contributed by atoms with Crippen LogP contribution in [0.1, 0.15) is 22.3 Å². The Morgan fingerprint density at radius 1 is 1.19 bits per heavy atom. The standard InChI is InChI=1S/C21H27N3O3/c1-16-3-4-20-19(13-16)18(5-6-22-20)21(25)24-7-2-10-27-17(15-24)14-23-8-11-26-12-9-23/h3-6,13,17H,2,7-12,14-15H2,1H3/t17-/m1/s1. The molecule has 0 N–H and O–H groups in total. The van der Waals surface area contributed by atoms with Crippen LogP contribution in [0.4, 0.5) is 0 Å². The molecule has 1 aromatic carbocycles. The van der Waals surface area contributed by atoms with Gasteiger partial charge in [0, 0.05) is 50.9 Å². The maximum atomic E-state index is 13.3. The van der Waals surface area contributed by atoms with Gasteiger partial charge in [0.1, 0.15) is 0 Å². The number of hydrogen-bond donors (Lipinski definition) is 0. The molecule has 2 aliphatic rings. The smallest absolute Gasteiger partial charge is 0.254 e. The normalized spacial score (nSPS) is 22.0. The molecule has 2 fully saturated rings. The maximum absolute atomic E-state index is 13.3. The zero-order chi connectivity index (χ0) is 18.6. The van der Waals surface area contributed by atoms with E-state index in [1.165, 1.54) is 0 Å². The minimum absolute atomic E-state index is 0.0457. The van der Waals surface area contributed by atoms with E-state index in [9.17, 15) is 4.79 Å². The Bertz CT molecular complexity index is 804. The SMILES string of the molecule is Cc1ccc2nccc(C(=O)N3CCCO[C@H](CN4CCOCC4)C3)c2c1. The van der Waals surface area contributed by atoms with Crippen molar-refractivity contribution in [1.29, 1.82) is 0 Å². The van der Waals surface area contributed by atoms with E-state index in [0.717, 1.165) is 67.8 Å². The lowest BCUT2D eigenvalue weighted by molar-refractivity contribution is -0.0112. The summed E-state index contributed by atoms with van der Waals surface area (Å²) in [6, 6.07) is 7.90. The van der Waals surface area contributed by atoms with Gasteiger partial charge in [-0.05, 0) is 31.5 Å². The number of carbonyl (C=O) groups is 1. The van der Waals surface area contributed by atoms with Gasteiger partial charge in [0.2, 0.25) is 0 Å². The van der Waals surface area contributed by atoms with Crippen LogP contribution in [0.5, 0.6) is 0 Å². The van der Waals surface area contributed by atoms with E-state index < -0.39 is 0 Å². The molecule has 2 aliphatic heterocycles. The minimum Gasteiger partial charge on any atom is -0.379 e. The molecule has 6 heteroatoms. The van der Waals surface area contributed by atoms with Crippen LogP contribution in [0.2, 0.25) is 0 Å². The molecule has 1 atom stereocenters. The molecule has 0 aliphatic carbocycles. The third-order valence-electron chi connectivity index (χ3n) is 5.33. The molecule has 3 heterocycles. The number of pyridine rings is 1. The quantitative estimate of drug-likeness (QED) is 0.829. The number of aryl methyl sites for hydroxylation is 1. The summed E-state index contributed by atoms with van der Waals surface area (Å²) in [6.45, 7) is 8.37. The number of aromatic nitrogens is 1. The Hall–Kier alpha value is -2.02. The van der Waals surface area contributed by atoms with Crippen molar-refractivity contribution in [2.75, 3.05) is 52.5 Å². The number of morpholine rings is 1. The highest BCUT2D eigenvalue weighted by Crippen LogP contribution is 2.21. The first kappa shape index (κ1) is 18.3. The molecule has 0 spiro atoms. The van der Waals surface area contributed by atoms with Gasteiger partial charge < -0.3 is 14.4 Å². The fourth-order valence-electron chi connectivity index (χ4n) is 3.88. The molecule has 4 rings (SSSR count). The van der Waals surface area contributed by atoms with E-state index in [-0.39, 0.29) is 12.0 Å². The molecule has 0 saturated carbocycles. The number of amides is 1. The Morgan fingerprint density at radius 3 is 2.89 bits per heavy atom. The molecule has 6 nitrogen and oxygen atoms in total. The monoisotopic (exact) mass is 369 g/mol. The van der Waals surface area contributed by atoms with Crippen molar-refractivity contribution < 1.29 is 14.3 Å². The van der Waals surface area contributed by atoms with E-state index in [1.807, 2.05) is 30.0 Å². The van der Waals surface area contributed by atoms with Crippen LogP contribution >= 0.6 is 0 Å². The Labute approximate surface area is 160 Å². The Balaban J connectivity index is 1.52. The van der Waals surface area contributed by atoms with E-state index in [0.29, 0.717) is 13.2 Å². The molecule has 0 unspecified atom stereocenters. The lowest BCUT2D eigenvalue weighted by Crippen LogP contribution is -2.45. The average Bonchev–Trinajstić information content (AvgIpc) is 2.93. The van der Waals surface area contributed by atoms with Gasteiger partial charge >= 0.3 is 0 Å². The van der Waals surface area contributed by atoms with Crippen LogP contribution in [-0.2, 0) is 9.47 Å². The summed E-state index contributed by atoms with van der Waals surface area (Å²) in [7, 11) is 0. The van der Waals surface area contributed by atoms with Crippen molar-refractivity contribution in [2.45, 2.75) is 19.4 Å². The van der Waals surface area contributed by atoms with E-state index in [1.54, 1.807) is 6.20 Å². The first-order valence-corrected chi connectivity index (χ1v) is 9.77. The van der Waals surface area contributed by atoms with E-state index >= 15 is 0 Å². The number of rotatable bonds is 3. The summed E-state index contributed by atoms with van der Waals surface area (Å²) < 4.78 is 11.5. The maximum Gasteiger partial charge on any atom is 0.254 e. The van der Waals surface area contributed by atoms with Crippen molar-refractivity contribution in [3.05, 3.63) is 41.6 Å². The van der Waals surface area contributed by atoms with Gasteiger partial charge in [-0.3, -0.25) is 14.7 Å². The predicted molar refractivity (Wildman–Crippen MR) is 104 cm³/mol. The van der Waals surface area contributed by atoms with Crippen molar-refractivity contribution in [3.63, 3.8) is 0 Å². The van der Waals surface area contributed by atoms with Crippen LogP contribution in [0.15, 0.2) is 30.5 Å². The molecule has 27 heavy (non-hydrogen) atoms. The zero-order valence-electron chi connectivity index (χ0n) is 15.9. The molecule has 0 radical (unpaired) electrons. The van der Waals surface area contributed by atoms with Gasteiger partial charge in [0.25, 0.3) is 5.91 Å². The van der Waals surface area contributed by atoms with Gasteiger partial charge in [-0.25, -0.2) is 0 Å². The van der Waals surface area contributed by atoms with E-state index in [4.69, 9.17) is 9.47 Å². The van der Waals surface area contributed by atoms with Crippen molar-refractivity contribution in [1.82, 2.24) is 14.8 Å². The second-order valence-electron chi connectivity index (χ2n) is 7.39. The molecule has 0 bridgehead atoms. The van der Waals surface area contributed by atoms with Crippen molar-refractivity contribution in [3.8, 4) is 0 Å². The molecular weight excluding hydrogens is 342 g/mol. The second kappa shape index (κ2) is 8.33. The third kappa shape index (κ3) is 4.29. The Morgan fingerprint density at radius 2 is 2.04 bits per heavy atom. The van der Waals surface area contributed by atoms with Crippen LogP contribution in [-0.4, -0.2) is 79.3 Å². The molecule has 1 aromatic heterocycles. The molecular formula is C21H27N3O3. The van der Waals surface area contributed by atoms with Crippen LogP contribution < -0.4 is 0 Å². The van der Waals surface area contributed by atoms with Gasteiger partial charge in [-0.2, -0.15) is 0 Å². The largest absolute Gasteiger partial charge is 0.379 e. The Kier molecular flexibility index (Phi) is 5.66. The number of fused-ring (bicyclic) bond motifs is 1. The third-order valence-corrected chi connectivity index (χ3v) is 5.33. The van der Waals surface area contributed by atoms with Gasteiger partial charge in [0.05, 0.1) is 30.4 Å². The first-order chi connectivity index (χ1) is 13.2. The fraction of sp³-hybridized carbons (Fsp3) is 0.524. The van der Waals surface area contributed by atoms with Crippen LogP contribution in [0, 0.1) is 6.92 Å². The number of benzene rings is 1. The average molecular weight is 369 g/mol. The zero-order valence-corrected chi connectivity index (χ0v) is 15.9. The van der Waals surface area contributed by atoms with Gasteiger partial charge in [-0.1, -0.05) is 11.6 Å². The number of nitrogens with zero attached hydrogens (tertiary/aromatic N) is 3. The van der Waals surface area contributed by atoms with Crippen LogP contribution in [0.25, 0.3) is 10.9 Å². The second-order valence-corrected chi connectivity index (χ2v) is 7.39. The summed E-state index contributed by atoms with van der Waals surface area (Å²) in [5.41, 5.74) is 2.73. The number of carbonyl (C=O) groups excluding carboxylic acids is 1. The highest BCUT2D eigenvalue weighted by molar-refractivity contribution is 6.06. The highest BCUT2D eigenvalue weighted by atomic mass is 16.5. The molecule has 2 aromatic rings. The van der Waals surface area contributed by atoms with Crippen molar-refractivity contribution in [2.24, 2.45) is 0 Å². The van der Waals surface area contributed by atoms with E-state index in [2.05, 4.69) is 16.0 Å². The number of hydrogen-bond acceptors (Lipinski definition) is 5. The summed E-state index contributed by atoms with van der Waals surface area (Å²) in [6.07, 6.45) is 2.64.